The Morgan fingerprint density at radius 2 is 1.77 bits per heavy atom. The predicted octanol–water partition coefficient (Wildman–Crippen LogP) is 2.45. The summed E-state index contributed by atoms with van der Waals surface area (Å²) in [4.78, 5) is 27.6. The minimum absolute atomic E-state index is 0.0173. The number of halogens is 3. The van der Waals surface area contributed by atoms with Crippen LogP contribution in [0, 0.1) is 11.8 Å². The molecule has 13 heteroatoms. The molecular formula is C27H28F3N3O6S. The van der Waals surface area contributed by atoms with Crippen LogP contribution in [0.25, 0.3) is 0 Å². The summed E-state index contributed by atoms with van der Waals surface area (Å²) in [5.74, 6) is -4.25. The highest BCUT2D eigenvalue weighted by Crippen LogP contribution is 2.63. The lowest BCUT2D eigenvalue weighted by Gasteiger charge is -2.56. The van der Waals surface area contributed by atoms with Gasteiger partial charge in [-0.15, -0.1) is 0 Å². The number of alkyl halides is 3. The van der Waals surface area contributed by atoms with E-state index in [0.717, 1.165) is 5.56 Å². The molecule has 3 aliphatic heterocycles. The van der Waals surface area contributed by atoms with Gasteiger partial charge in [-0.1, -0.05) is 18.2 Å². The topological polar surface area (TPSA) is 105 Å². The summed E-state index contributed by atoms with van der Waals surface area (Å²) in [5, 5.41) is 2.11. The Morgan fingerprint density at radius 1 is 1.07 bits per heavy atom. The van der Waals surface area contributed by atoms with Crippen LogP contribution >= 0.6 is 0 Å². The van der Waals surface area contributed by atoms with E-state index in [4.69, 9.17) is 9.47 Å². The summed E-state index contributed by atoms with van der Waals surface area (Å²) in [5.41, 5.74) is 0.432. The normalized spacial score (nSPS) is 30.8. The maximum atomic E-state index is 14.4. The first-order chi connectivity index (χ1) is 18.9. The fraction of sp³-hybridized carbons (Fsp3) is 0.481. The van der Waals surface area contributed by atoms with Crippen molar-refractivity contribution in [2.45, 2.75) is 47.5 Å². The van der Waals surface area contributed by atoms with Gasteiger partial charge in [-0.3, -0.25) is 18.8 Å². The number of anilines is 1. The first-order valence-corrected chi connectivity index (χ1v) is 14.4. The van der Waals surface area contributed by atoms with Gasteiger partial charge in [0.25, 0.3) is 10.0 Å². The summed E-state index contributed by atoms with van der Waals surface area (Å²) in [6.45, 7) is 0.595. The number of carbonyl (C=O) groups excluding carboxylic acids is 2. The van der Waals surface area contributed by atoms with E-state index in [0.29, 0.717) is 30.8 Å². The van der Waals surface area contributed by atoms with Crippen LogP contribution in [0.3, 0.4) is 0 Å². The lowest BCUT2D eigenvalue weighted by molar-refractivity contribution is -0.176. The minimum atomic E-state index is -5.10. The van der Waals surface area contributed by atoms with Gasteiger partial charge >= 0.3 is 18.1 Å². The molecule has 6 rings (SSSR count). The Hall–Kier alpha value is -3.32. The third-order valence-electron chi connectivity index (χ3n) is 9.18. The summed E-state index contributed by atoms with van der Waals surface area (Å²) in [7, 11) is -1.62. The molecular weight excluding hydrogens is 551 g/mol. The van der Waals surface area contributed by atoms with Crippen LogP contribution < -0.4 is 14.4 Å². The van der Waals surface area contributed by atoms with Crippen molar-refractivity contribution in [1.29, 1.82) is 0 Å². The number of hydrogen-bond donors (Lipinski definition) is 1. The molecule has 0 unspecified atom stereocenters. The molecule has 3 heterocycles. The zero-order chi connectivity index (χ0) is 28.6. The molecule has 9 nitrogen and oxygen atoms in total. The molecule has 2 bridgehead atoms. The molecule has 1 saturated carbocycles. The number of benzene rings is 2. The first kappa shape index (κ1) is 26.9. The SMILES string of the molecule is COC(=O)[C@@H]1[C@H]2C[C@@H]3N(CC[C@@]34c3ccccc3N(S(=O)(=O)c3ccc(OC)cc3)[C@@H]14)C[C@@H]2NC(=O)C(F)(F)F. The monoisotopic (exact) mass is 579 g/mol. The lowest BCUT2D eigenvalue weighted by Crippen LogP contribution is -2.71. The van der Waals surface area contributed by atoms with E-state index < -0.39 is 57.4 Å². The number of piperidine rings is 1. The highest BCUT2D eigenvalue weighted by molar-refractivity contribution is 7.93. The van der Waals surface area contributed by atoms with Gasteiger partial charge in [0.05, 0.1) is 36.8 Å². The number of carbonyl (C=O) groups is 2. The second-order valence-electron chi connectivity index (χ2n) is 10.8. The Balaban J connectivity index is 1.53. The highest BCUT2D eigenvalue weighted by Gasteiger charge is 2.71. The minimum Gasteiger partial charge on any atom is -0.497 e. The van der Waals surface area contributed by atoms with Crippen LogP contribution in [0.15, 0.2) is 53.4 Å². The van der Waals surface area contributed by atoms with Crippen LogP contribution in [0.1, 0.15) is 18.4 Å². The van der Waals surface area contributed by atoms with Crippen LogP contribution in [0.4, 0.5) is 18.9 Å². The summed E-state index contributed by atoms with van der Waals surface area (Å²) >= 11 is 0. The van der Waals surface area contributed by atoms with Crippen molar-refractivity contribution in [3.05, 3.63) is 54.1 Å². The molecule has 0 radical (unpaired) electrons. The molecule has 6 atom stereocenters. The van der Waals surface area contributed by atoms with Crippen molar-refractivity contribution in [2.75, 3.05) is 31.6 Å². The largest absolute Gasteiger partial charge is 0.497 e. The summed E-state index contributed by atoms with van der Waals surface area (Å²) < 4.78 is 80.2. The number of para-hydroxylation sites is 1. The summed E-state index contributed by atoms with van der Waals surface area (Å²) in [6.07, 6.45) is -4.30. The van der Waals surface area contributed by atoms with Gasteiger partial charge in [-0.2, -0.15) is 13.2 Å². The average Bonchev–Trinajstić information content (AvgIpc) is 3.47. The molecule has 1 amide bonds. The molecule has 2 saturated heterocycles. The molecule has 40 heavy (non-hydrogen) atoms. The molecule has 2 aromatic rings. The first-order valence-electron chi connectivity index (χ1n) is 12.9. The Bertz CT molecular complexity index is 1470. The molecule has 2 aromatic carbocycles. The average molecular weight is 580 g/mol. The number of hydrogen-bond acceptors (Lipinski definition) is 7. The third kappa shape index (κ3) is 3.66. The van der Waals surface area contributed by atoms with E-state index in [-0.39, 0.29) is 17.5 Å². The van der Waals surface area contributed by atoms with E-state index in [9.17, 15) is 31.2 Å². The highest BCUT2D eigenvalue weighted by atomic mass is 32.2. The Kier molecular flexibility index (Phi) is 6.11. The Labute approximate surface area is 229 Å². The van der Waals surface area contributed by atoms with Crippen LogP contribution in [-0.2, 0) is 29.8 Å². The fourth-order valence-corrected chi connectivity index (χ4v) is 9.43. The van der Waals surface area contributed by atoms with E-state index in [1.165, 1.54) is 42.8 Å². The van der Waals surface area contributed by atoms with Crippen molar-refractivity contribution < 1.29 is 40.7 Å². The zero-order valence-electron chi connectivity index (χ0n) is 21.7. The molecule has 4 aliphatic rings. The number of esters is 1. The van der Waals surface area contributed by atoms with Crippen molar-refractivity contribution in [3.63, 3.8) is 0 Å². The number of ether oxygens (including phenoxy) is 2. The predicted molar refractivity (Wildman–Crippen MR) is 136 cm³/mol. The van der Waals surface area contributed by atoms with Crippen molar-refractivity contribution in [3.8, 4) is 5.75 Å². The fourth-order valence-electron chi connectivity index (χ4n) is 7.68. The number of rotatable bonds is 5. The van der Waals surface area contributed by atoms with Gasteiger partial charge in [-0.25, -0.2) is 8.42 Å². The molecule has 1 N–H and O–H groups in total. The van der Waals surface area contributed by atoms with Crippen LogP contribution in [-0.4, -0.2) is 76.8 Å². The lowest BCUT2D eigenvalue weighted by atomic mass is 9.55. The number of sulfonamides is 1. The third-order valence-corrected chi connectivity index (χ3v) is 11.0. The maximum absolute atomic E-state index is 14.4. The standard InChI is InChI=1S/C27H28F3N3O6S/c1-38-15-7-9-16(10-8-15)40(36,37)33-20-6-4-3-5-18(20)26-11-12-32-14-19(31-25(35)27(28,29)30)17(13-21(26)32)22(23(26)33)24(34)39-2/h3-10,17,19,21-23H,11-14H2,1-2H3,(H,31,35)/t17-,19-,21-,22+,23-,26+/m0/s1. The van der Waals surface area contributed by atoms with Gasteiger partial charge in [0.15, 0.2) is 0 Å². The molecule has 1 spiro atoms. The second kappa shape index (κ2) is 9.10. The molecule has 3 fully saturated rings. The van der Waals surface area contributed by atoms with Gasteiger partial charge in [0.2, 0.25) is 0 Å². The number of methoxy groups -OCH3 is 2. The van der Waals surface area contributed by atoms with Crippen molar-refractivity contribution >= 4 is 27.6 Å². The number of nitrogens with one attached hydrogen (secondary N) is 1. The number of amides is 1. The summed E-state index contributed by atoms with van der Waals surface area (Å²) in [6, 6.07) is 10.8. The van der Waals surface area contributed by atoms with Crippen molar-refractivity contribution in [2.24, 2.45) is 11.8 Å². The number of fused-ring (bicyclic) bond motifs is 2. The van der Waals surface area contributed by atoms with E-state index in [2.05, 4.69) is 5.32 Å². The van der Waals surface area contributed by atoms with E-state index >= 15 is 0 Å². The van der Waals surface area contributed by atoms with E-state index in [1.54, 1.807) is 12.1 Å². The molecule has 214 valence electrons. The smallest absolute Gasteiger partial charge is 0.471 e. The zero-order valence-corrected chi connectivity index (χ0v) is 22.5. The van der Waals surface area contributed by atoms with Crippen LogP contribution in [0.2, 0.25) is 0 Å². The van der Waals surface area contributed by atoms with Gasteiger partial charge in [0.1, 0.15) is 5.75 Å². The van der Waals surface area contributed by atoms with Gasteiger partial charge in [-0.05, 0) is 61.2 Å². The quantitative estimate of drug-likeness (QED) is 0.543. The number of nitrogens with zero attached hydrogens (tertiary/aromatic N) is 2. The van der Waals surface area contributed by atoms with Crippen LogP contribution in [0.5, 0.6) is 5.75 Å². The van der Waals surface area contributed by atoms with Gasteiger partial charge < -0.3 is 14.8 Å². The second-order valence-corrected chi connectivity index (χ2v) is 12.6. The maximum Gasteiger partial charge on any atom is 0.471 e. The van der Waals surface area contributed by atoms with E-state index in [1.807, 2.05) is 17.0 Å². The Morgan fingerprint density at radius 3 is 2.42 bits per heavy atom. The van der Waals surface area contributed by atoms with Gasteiger partial charge in [0, 0.05) is 24.0 Å². The molecule has 1 aliphatic carbocycles. The molecule has 0 aromatic heterocycles. The van der Waals surface area contributed by atoms with Crippen molar-refractivity contribution in [1.82, 2.24) is 10.2 Å².